The number of fused-ring (bicyclic) bond motifs is 1. The molecule has 0 amide bonds. The highest BCUT2D eigenvalue weighted by molar-refractivity contribution is 5.93. The van der Waals surface area contributed by atoms with E-state index in [1.54, 1.807) is 12.1 Å². The van der Waals surface area contributed by atoms with E-state index in [-0.39, 0.29) is 5.56 Å². The number of carbonyl (C=O) groups is 1. The van der Waals surface area contributed by atoms with Gasteiger partial charge in [0.05, 0.1) is 16.6 Å². The molecule has 1 heterocycles. The van der Waals surface area contributed by atoms with Crippen LogP contribution in [0, 0.1) is 0 Å². The number of nitrogens with zero attached hydrogens (tertiary/aromatic N) is 2. The van der Waals surface area contributed by atoms with Gasteiger partial charge in [-0.1, -0.05) is 49.6 Å². The molecule has 1 saturated carbocycles. The second kappa shape index (κ2) is 10.4. The summed E-state index contributed by atoms with van der Waals surface area (Å²) in [4.78, 5) is 16.5. The first kappa shape index (κ1) is 23.8. The summed E-state index contributed by atoms with van der Waals surface area (Å²) in [6.07, 6.45) is 5.82. The highest BCUT2D eigenvalue weighted by atomic mass is 16.5. The van der Waals surface area contributed by atoms with E-state index in [1.165, 1.54) is 19.3 Å². The second-order valence-electron chi connectivity index (χ2n) is 9.59. The van der Waals surface area contributed by atoms with Gasteiger partial charge in [-0.2, -0.15) is 0 Å². The Kier molecular flexibility index (Phi) is 6.53. The molecule has 5 aromatic rings. The molecule has 0 radical (unpaired) electrons. The molecule has 0 saturated heterocycles. The van der Waals surface area contributed by atoms with Crippen LogP contribution in [0.3, 0.4) is 0 Å². The molecule has 6 rings (SSSR count). The maximum atomic E-state index is 11.6. The number of ether oxygens (including phenoxy) is 2. The van der Waals surface area contributed by atoms with E-state index in [2.05, 4.69) is 4.57 Å². The van der Waals surface area contributed by atoms with Crippen LogP contribution < -0.4 is 9.47 Å². The number of carboxylic acid groups (broad SMARTS) is 1. The van der Waals surface area contributed by atoms with Crippen molar-refractivity contribution in [2.45, 2.75) is 38.1 Å². The summed E-state index contributed by atoms with van der Waals surface area (Å²) in [7, 11) is 0. The predicted molar refractivity (Wildman–Crippen MR) is 147 cm³/mol. The van der Waals surface area contributed by atoms with Crippen LogP contribution in [0.15, 0.2) is 97.1 Å². The number of hydrogen-bond donors (Lipinski definition) is 1. The highest BCUT2D eigenvalue weighted by Crippen LogP contribution is 2.38. The van der Waals surface area contributed by atoms with Gasteiger partial charge in [-0.25, -0.2) is 9.78 Å². The Hall–Kier alpha value is -4.58. The van der Waals surface area contributed by atoms with Gasteiger partial charge in [-0.05, 0) is 79.6 Å². The van der Waals surface area contributed by atoms with Crippen LogP contribution in [0.5, 0.6) is 23.0 Å². The minimum absolute atomic E-state index is 0.248. The van der Waals surface area contributed by atoms with E-state index in [9.17, 15) is 9.90 Å². The zero-order chi connectivity index (χ0) is 25.9. The third kappa shape index (κ3) is 4.85. The molecule has 1 N–H and O–H groups in total. The lowest BCUT2D eigenvalue weighted by atomic mass is 9.95. The Morgan fingerprint density at radius 3 is 2.05 bits per heavy atom. The van der Waals surface area contributed by atoms with Gasteiger partial charge in [0.25, 0.3) is 0 Å². The molecule has 0 aliphatic heterocycles. The van der Waals surface area contributed by atoms with Crippen LogP contribution in [-0.2, 0) is 0 Å². The third-order valence-corrected chi connectivity index (χ3v) is 7.04. The normalized spacial score (nSPS) is 13.9. The number of rotatable bonds is 7. The Balaban J connectivity index is 1.32. The molecular weight excluding hydrogens is 476 g/mol. The van der Waals surface area contributed by atoms with Crippen molar-refractivity contribution >= 4 is 17.0 Å². The van der Waals surface area contributed by atoms with Crippen LogP contribution in [-0.4, -0.2) is 20.6 Å². The minimum atomic E-state index is -0.946. The summed E-state index contributed by atoms with van der Waals surface area (Å²) >= 11 is 0. The van der Waals surface area contributed by atoms with Gasteiger partial charge in [-0.3, -0.25) is 0 Å². The van der Waals surface area contributed by atoms with E-state index in [0.29, 0.717) is 28.8 Å². The molecule has 4 aromatic carbocycles. The summed E-state index contributed by atoms with van der Waals surface area (Å²) in [6, 6.07) is 30.7. The van der Waals surface area contributed by atoms with E-state index < -0.39 is 5.97 Å². The average Bonchev–Trinajstić information content (AvgIpc) is 3.34. The van der Waals surface area contributed by atoms with Crippen molar-refractivity contribution in [3.63, 3.8) is 0 Å². The SMILES string of the molecule is O=C(O)c1ccc2c(c1)nc(-c1ccc(Oc3ccccc3Oc3ccccc3)cc1)n2C1CCCCC1. The quantitative estimate of drug-likeness (QED) is 0.241. The Morgan fingerprint density at radius 1 is 0.763 bits per heavy atom. The molecule has 38 heavy (non-hydrogen) atoms. The van der Waals surface area contributed by atoms with Gasteiger partial charge in [0.1, 0.15) is 17.3 Å². The molecule has 6 nitrogen and oxygen atoms in total. The lowest BCUT2D eigenvalue weighted by molar-refractivity contribution is 0.0697. The van der Waals surface area contributed by atoms with E-state index in [4.69, 9.17) is 14.5 Å². The second-order valence-corrected chi connectivity index (χ2v) is 9.59. The summed E-state index contributed by atoms with van der Waals surface area (Å²) < 4.78 is 14.5. The number of hydrogen-bond acceptors (Lipinski definition) is 4. The van der Waals surface area contributed by atoms with E-state index in [0.717, 1.165) is 35.5 Å². The largest absolute Gasteiger partial charge is 0.478 e. The van der Waals surface area contributed by atoms with Gasteiger partial charge >= 0.3 is 5.97 Å². The van der Waals surface area contributed by atoms with Crippen LogP contribution >= 0.6 is 0 Å². The predicted octanol–water partition coefficient (Wildman–Crippen LogP) is 8.49. The standard InChI is InChI=1S/C32H28N2O4/c35-32(36)23-17-20-28-27(21-23)33-31(34(28)24-9-3-1-4-10-24)22-15-18-26(19-16-22)38-30-14-8-7-13-29(30)37-25-11-5-2-6-12-25/h2,5-8,11-21,24H,1,3-4,9-10H2,(H,35,36). The van der Waals surface area contributed by atoms with Gasteiger partial charge < -0.3 is 19.1 Å². The Bertz CT molecular complexity index is 1570. The monoisotopic (exact) mass is 504 g/mol. The minimum Gasteiger partial charge on any atom is -0.478 e. The van der Waals surface area contributed by atoms with Gasteiger partial charge in [0.2, 0.25) is 0 Å². The van der Waals surface area contributed by atoms with Crippen molar-refractivity contribution in [2.24, 2.45) is 0 Å². The van der Waals surface area contributed by atoms with Crippen LogP contribution in [0.1, 0.15) is 48.5 Å². The maximum absolute atomic E-state index is 11.6. The zero-order valence-electron chi connectivity index (χ0n) is 20.9. The van der Waals surface area contributed by atoms with Crippen molar-refractivity contribution < 1.29 is 19.4 Å². The average molecular weight is 505 g/mol. The number of benzene rings is 4. The van der Waals surface area contributed by atoms with Crippen molar-refractivity contribution in [2.75, 3.05) is 0 Å². The molecule has 6 heteroatoms. The number of aromatic nitrogens is 2. The molecular formula is C32H28N2O4. The Morgan fingerprint density at radius 2 is 1.39 bits per heavy atom. The number of carboxylic acids is 1. The van der Waals surface area contributed by atoms with Gasteiger partial charge in [-0.15, -0.1) is 0 Å². The molecule has 190 valence electrons. The summed E-state index contributed by atoms with van der Waals surface area (Å²) in [5.41, 5.74) is 2.89. The fraction of sp³-hybridized carbons (Fsp3) is 0.188. The number of imidazole rings is 1. The molecule has 0 unspecified atom stereocenters. The Labute approximate surface area is 221 Å². The fourth-order valence-corrected chi connectivity index (χ4v) is 5.18. The van der Waals surface area contributed by atoms with Crippen LogP contribution in [0.4, 0.5) is 0 Å². The van der Waals surface area contributed by atoms with Gasteiger partial charge in [0.15, 0.2) is 11.5 Å². The third-order valence-electron chi connectivity index (χ3n) is 7.04. The van der Waals surface area contributed by atoms with Crippen molar-refractivity contribution in [3.8, 4) is 34.4 Å². The molecule has 1 aliphatic rings. The van der Waals surface area contributed by atoms with E-state index >= 15 is 0 Å². The smallest absolute Gasteiger partial charge is 0.335 e. The number of aromatic carboxylic acids is 1. The van der Waals surface area contributed by atoms with E-state index in [1.807, 2.05) is 84.9 Å². The fourth-order valence-electron chi connectivity index (χ4n) is 5.18. The molecule has 0 bridgehead atoms. The maximum Gasteiger partial charge on any atom is 0.335 e. The first-order chi connectivity index (χ1) is 18.7. The molecule has 1 aliphatic carbocycles. The summed E-state index contributed by atoms with van der Waals surface area (Å²) in [5, 5.41) is 9.48. The first-order valence-electron chi connectivity index (χ1n) is 13.0. The van der Waals surface area contributed by atoms with Crippen molar-refractivity contribution in [3.05, 3.63) is 103 Å². The van der Waals surface area contributed by atoms with Crippen molar-refractivity contribution in [1.82, 2.24) is 9.55 Å². The van der Waals surface area contributed by atoms with Crippen LogP contribution in [0.2, 0.25) is 0 Å². The lowest BCUT2D eigenvalue weighted by Crippen LogP contribution is -2.14. The lowest BCUT2D eigenvalue weighted by Gasteiger charge is -2.25. The highest BCUT2D eigenvalue weighted by Gasteiger charge is 2.23. The topological polar surface area (TPSA) is 73.6 Å². The molecule has 1 fully saturated rings. The zero-order valence-corrected chi connectivity index (χ0v) is 20.9. The van der Waals surface area contributed by atoms with Gasteiger partial charge in [0, 0.05) is 11.6 Å². The summed E-state index contributed by atoms with van der Waals surface area (Å²) in [5.74, 6) is 2.60. The first-order valence-corrected chi connectivity index (χ1v) is 13.0. The molecule has 0 atom stereocenters. The number of para-hydroxylation sites is 3. The molecule has 1 aromatic heterocycles. The van der Waals surface area contributed by atoms with Crippen molar-refractivity contribution in [1.29, 1.82) is 0 Å². The van der Waals surface area contributed by atoms with Crippen LogP contribution in [0.25, 0.3) is 22.4 Å². The molecule has 0 spiro atoms. The summed E-state index contributed by atoms with van der Waals surface area (Å²) in [6.45, 7) is 0.